The molecule has 0 aromatic rings. The second kappa shape index (κ2) is 4.55. The maximum absolute atomic E-state index is 8.86. The Bertz CT molecular complexity index is 178. The van der Waals surface area contributed by atoms with Crippen LogP contribution in [0.25, 0.3) is 0 Å². The predicted molar refractivity (Wildman–Crippen MR) is 45.9 cm³/mol. The van der Waals surface area contributed by atoms with Crippen LogP contribution in [-0.4, -0.2) is 30.2 Å². The van der Waals surface area contributed by atoms with E-state index in [9.17, 15) is 0 Å². The highest BCUT2D eigenvalue weighted by molar-refractivity contribution is 4.73. The van der Waals surface area contributed by atoms with Crippen LogP contribution in [-0.2, 0) is 19.6 Å². The van der Waals surface area contributed by atoms with Crippen molar-refractivity contribution in [3.63, 3.8) is 0 Å². The van der Waals surface area contributed by atoms with Crippen molar-refractivity contribution in [3.05, 3.63) is 0 Å². The van der Waals surface area contributed by atoms with E-state index in [4.69, 9.17) is 24.7 Å². The van der Waals surface area contributed by atoms with E-state index < -0.39 is 11.9 Å². The van der Waals surface area contributed by atoms with Crippen molar-refractivity contribution in [2.24, 2.45) is 0 Å². The summed E-state index contributed by atoms with van der Waals surface area (Å²) in [6.45, 7) is 0.0810. The molecule has 0 amide bonds. The molecule has 1 saturated carbocycles. The fourth-order valence-corrected chi connectivity index (χ4v) is 1.75. The summed E-state index contributed by atoms with van der Waals surface area (Å²) in [5.74, 6) is -0.734. The Labute approximate surface area is 82.8 Å². The second-order valence-corrected chi connectivity index (χ2v) is 3.82. The first-order chi connectivity index (χ1) is 6.85. The molecular weight excluding hydrogens is 188 g/mol. The summed E-state index contributed by atoms with van der Waals surface area (Å²) in [5.41, 5.74) is 0. The van der Waals surface area contributed by atoms with Gasteiger partial charge in [0.15, 0.2) is 0 Å². The van der Waals surface area contributed by atoms with Gasteiger partial charge in [0, 0.05) is 12.8 Å². The highest BCUT2D eigenvalue weighted by Crippen LogP contribution is 2.34. The lowest BCUT2D eigenvalue weighted by molar-refractivity contribution is -0.489. The van der Waals surface area contributed by atoms with Gasteiger partial charge in [0.1, 0.15) is 12.7 Å². The standard InChI is InChI=1S/C9H16O5/c10-6-8-7-11-13-9(14-12-8)4-2-1-3-5-9/h8,10H,1-7H2. The average molecular weight is 204 g/mol. The summed E-state index contributed by atoms with van der Waals surface area (Å²) in [6.07, 6.45) is 4.41. The fourth-order valence-electron chi connectivity index (χ4n) is 1.75. The number of hydrogen-bond acceptors (Lipinski definition) is 5. The van der Waals surface area contributed by atoms with Gasteiger partial charge in [-0.2, -0.15) is 9.78 Å². The Kier molecular flexibility index (Phi) is 3.35. The minimum Gasteiger partial charge on any atom is -0.393 e. The van der Waals surface area contributed by atoms with Crippen molar-refractivity contribution < 1.29 is 24.7 Å². The minimum atomic E-state index is -0.734. The monoisotopic (exact) mass is 204 g/mol. The topological polar surface area (TPSA) is 57.2 Å². The summed E-state index contributed by atoms with van der Waals surface area (Å²) in [5, 5.41) is 8.86. The Hall–Kier alpha value is -0.200. The summed E-state index contributed by atoms with van der Waals surface area (Å²) < 4.78 is 0. The Balaban J connectivity index is 1.92. The summed E-state index contributed by atoms with van der Waals surface area (Å²) >= 11 is 0. The molecule has 1 spiro atoms. The number of aliphatic hydroxyl groups excluding tert-OH is 1. The van der Waals surface area contributed by atoms with Crippen molar-refractivity contribution in [2.45, 2.75) is 44.0 Å². The minimum absolute atomic E-state index is 0.126. The van der Waals surface area contributed by atoms with Crippen LogP contribution in [0, 0.1) is 0 Å². The summed E-state index contributed by atoms with van der Waals surface area (Å²) in [4.78, 5) is 20.5. The SMILES string of the molecule is OCC1COOC2(CCCCC2)OO1. The lowest BCUT2D eigenvalue weighted by Crippen LogP contribution is -2.37. The zero-order valence-corrected chi connectivity index (χ0v) is 8.11. The van der Waals surface area contributed by atoms with Crippen LogP contribution in [0.5, 0.6) is 0 Å². The first kappa shape index (κ1) is 10.3. The molecule has 1 atom stereocenters. The van der Waals surface area contributed by atoms with Crippen molar-refractivity contribution in [1.29, 1.82) is 0 Å². The molecule has 1 aliphatic heterocycles. The highest BCUT2D eigenvalue weighted by Gasteiger charge is 2.40. The van der Waals surface area contributed by atoms with Gasteiger partial charge >= 0.3 is 0 Å². The van der Waals surface area contributed by atoms with Crippen LogP contribution < -0.4 is 0 Å². The van der Waals surface area contributed by atoms with E-state index in [1.807, 2.05) is 0 Å². The van der Waals surface area contributed by atoms with E-state index in [0.29, 0.717) is 0 Å². The number of aliphatic hydroxyl groups is 1. The van der Waals surface area contributed by atoms with Crippen molar-refractivity contribution in [2.75, 3.05) is 13.2 Å². The van der Waals surface area contributed by atoms with E-state index >= 15 is 0 Å². The van der Waals surface area contributed by atoms with Gasteiger partial charge in [-0.3, -0.25) is 0 Å². The molecule has 1 aliphatic carbocycles. The van der Waals surface area contributed by atoms with Crippen LogP contribution in [0.4, 0.5) is 0 Å². The zero-order valence-electron chi connectivity index (χ0n) is 8.11. The smallest absolute Gasteiger partial charge is 0.234 e. The molecule has 1 saturated heterocycles. The van der Waals surface area contributed by atoms with Crippen molar-refractivity contribution in [1.82, 2.24) is 0 Å². The molecule has 0 bridgehead atoms. The third-order valence-electron chi connectivity index (χ3n) is 2.62. The lowest BCUT2D eigenvalue weighted by Gasteiger charge is -2.31. The maximum atomic E-state index is 8.86. The quantitative estimate of drug-likeness (QED) is 0.643. The number of rotatable bonds is 1. The molecule has 5 nitrogen and oxygen atoms in total. The Morgan fingerprint density at radius 3 is 2.64 bits per heavy atom. The van der Waals surface area contributed by atoms with Gasteiger partial charge in [0.25, 0.3) is 0 Å². The molecule has 2 aliphatic rings. The van der Waals surface area contributed by atoms with Gasteiger partial charge in [0.2, 0.25) is 5.79 Å². The Morgan fingerprint density at radius 2 is 1.93 bits per heavy atom. The number of hydrogen-bond donors (Lipinski definition) is 1. The van der Waals surface area contributed by atoms with E-state index in [2.05, 4.69) is 0 Å². The molecular formula is C9H16O5. The van der Waals surface area contributed by atoms with E-state index in [1.54, 1.807) is 0 Å². The van der Waals surface area contributed by atoms with Gasteiger partial charge in [-0.1, -0.05) is 6.42 Å². The first-order valence-electron chi connectivity index (χ1n) is 5.11. The third-order valence-corrected chi connectivity index (χ3v) is 2.62. The van der Waals surface area contributed by atoms with Gasteiger partial charge in [-0.25, -0.2) is 9.78 Å². The van der Waals surface area contributed by atoms with Crippen LogP contribution in [0.15, 0.2) is 0 Å². The molecule has 2 rings (SSSR count). The van der Waals surface area contributed by atoms with Crippen LogP contribution in [0.1, 0.15) is 32.1 Å². The molecule has 0 radical (unpaired) electrons. The van der Waals surface area contributed by atoms with E-state index in [-0.39, 0.29) is 13.2 Å². The van der Waals surface area contributed by atoms with E-state index in [0.717, 1.165) is 25.7 Å². The first-order valence-corrected chi connectivity index (χ1v) is 5.11. The zero-order chi connectivity index (χ0) is 9.86. The normalized spacial score (nSPS) is 32.8. The molecule has 1 N–H and O–H groups in total. The summed E-state index contributed by atoms with van der Waals surface area (Å²) in [6, 6.07) is 0. The molecule has 2 fully saturated rings. The largest absolute Gasteiger partial charge is 0.393 e. The van der Waals surface area contributed by atoms with Gasteiger partial charge in [-0.15, -0.1) is 0 Å². The molecule has 5 heteroatoms. The van der Waals surface area contributed by atoms with Crippen LogP contribution >= 0.6 is 0 Å². The van der Waals surface area contributed by atoms with Gasteiger partial charge < -0.3 is 5.11 Å². The van der Waals surface area contributed by atoms with Crippen molar-refractivity contribution >= 4 is 0 Å². The summed E-state index contributed by atoms with van der Waals surface area (Å²) in [7, 11) is 0. The highest BCUT2D eigenvalue weighted by atomic mass is 17.3. The third kappa shape index (κ3) is 2.24. The fraction of sp³-hybridized carbons (Fsp3) is 1.00. The van der Waals surface area contributed by atoms with Gasteiger partial charge in [-0.05, 0) is 12.8 Å². The van der Waals surface area contributed by atoms with Crippen molar-refractivity contribution in [3.8, 4) is 0 Å². The average Bonchev–Trinajstić information content (AvgIpc) is 2.42. The second-order valence-electron chi connectivity index (χ2n) is 3.82. The predicted octanol–water partition coefficient (Wildman–Crippen LogP) is 0.918. The molecule has 0 aromatic heterocycles. The molecule has 14 heavy (non-hydrogen) atoms. The molecule has 1 unspecified atom stereocenters. The molecule has 0 aromatic carbocycles. The van der Waals surface area contributed by atoms with Crippen LogP contribution in [0.3, 0.4) is 0 Å². The van der Waals surface area contributed by atoms with Crippen LogP contribution in [0.2, 0.25) is 0 Å². The lowest BCUT2D eigenvalue weighted by atomic mass is 9.94. The molecule has 82 valence electrons. The van der Waals surface area contributed by atoms with E-state index in [1.165, 1.54) is 6.42 Å². The van der Waals surface area contributed by atoms with Gasteiger partial charge in [0.05, 0.1) is 6.61 Å². The molecule has 1 heterocycles. The Morgan fingerprint density at radius 1 is 1.14 bits per heavy atom. The maximum Gasteiger partial charge on any atom is 0.234 e.